The number of carbonyl (C=O) groups excluding carboxylic acids is 1. The van der Waals surface area contributed by atoms with E-state index in [2.05, 4.69) is 10.3 Å². The molecule has 2 aromatic rings. The van der Waals surface area contributed by atoms with Crippen LogP contribution in [-0.2, 0) is 19.0 Å². The summed E-state index contributed by atoms with van der Waals surface area (Å²) in [5.41, 5.74) is -0.781. The second-order valence-electron chi connectivity index (χ2n) is 8.05. The van der Waals surface area contributed by atoms with Gasteiger partial charge in [-0.3, -0.25) is 4.79 Å². The summed E-state index contributed by atoms with van der Waals surface area (Å²) in [6.45, 7) is 1.40. The molecule has 2 aliphatic rings. The fraction of sp³-hybridized carbons (Fsp3) is 0.571. The summed E-state index contributed by atoms with van der Waals surface area (Å²) in [5.74, 6) is -4.39. The number of ether oxygens (including phenoxy) is 3. The highest BCUT2D eigenvalue weighted by molar-refractivity contribution is 8.00. The van der Waals surface area contributed by atoms with E-state index in [9.17, 15) is 28.2 Å². The van der Waals surface area contributed by atoms with Gasteiger partial charge in [0, 0.05) is 25.8 Å². The van der Waals surface area contributed by atoms with Crippen LogP contribution in [0.25, 0.3) is 11.3 Å². The lowest BCUT2D eigenvalue weighted by atomic mass is 9.97. The minimum Gasteiger partial charge on any atom is -0.394 e. The lowest BCUT2D eigenvalue weighted by Gasteiger charge is -2.43. The number of halogens is 3. The Morgan fingerprint density at radius 2 is 1.94 bits per heavy atom. The quantitative estimate of drug-likeness (QED) is 0.508. The van der Waals surface area contributed by atoms with E-state index >= 15 is 0 Å². The predicted octanol–water partition coefficient (Wildman–Crippen LogP) is 0.589. The SMILES string of the molecule is CO[C@@H]1[C@@H](n2cc(-c3cc(F)c(F)c(F)c3)nn2)[C@@H](O)[C@@H](CO)O[C@H]1SCC(=O)N1CCOCC1. The van der Waals surface area contributed by atoms with Crippen LogP contribution in [0.2, 0.25) is 0 Å². The molecule has 0 saturated carbocycles. The van der Waals surface area contributed by atoms with E-state index in [-0.39, 0.29) is 22.9 Å². The molecule has 4 rings (SSSR count). The van der Waals surface area contributed by atoms with E-state index in [1.165, 1.54) is 18.0 Å². The number of benzene rings is 1. The summed E-state index contributed by atoms with van der Waals surface area (Å²) in [6.07, 6.45) is -1.80. The van der Waals surface area contributed by atoms with E-state index in [0.29, 0.717) is 26.3 Å². The standard InChI is InChI=1S/C21H25F3N4O6S/c1-32-20-18(28-8-14(25-26-28)11-6-12(22)17(24)13(23)7-11)19(31)15(9-29)34-21(20)35-10-16(30)27-2-4-33-5-3-27/h6-8,15,18-21,29,31H,2-5,9-10H2,1H3/t15-,18+,19+,20-,21+/m1/s1. The maximum atomic E-state index is 13.7. The molecule has 1 aromatic carbocycles. The Morgan fingerprint density at radius 1 is 1.26 bits per heavy atom. The van der Waals surface area contributed by atoms with Gasteiger partial charge in [0.15, 0.2) is 17.5 Å². The zero-order valence-corrected chi connectivity index (χ0v) is 19.5. The molecule has 2 fully saturated rings. The maximum Gasteiger partial charge on any atom is 0.232 e. The van der Waals surface area contributed by atoms with Gasteiger partial charge in [0.2, 0.25) is 5.91 Å². The van der Waals surface area contributed by atoms with Crippen LogP contribution in [0.4, 0.5) is 13.2 Å². The van der Waals surface area contributed by atoms with E-state index < -0.39 is 53.8 Å². The molecule has 0 aliphatic carbocycles. The van der Waals surface area contributed by atoms with Crippen molar-refractivity contribution >= 4 is 17.7 Å². The molecule has 192 valence electrons. The minimum absolute atomic E-state index is 0.0311. The normalized spacial score (nSPS) is 27.3. The Labute approximate surface area is 202 Å². The molecule has 10 nitrogen and oxygen atoms in total. The van der Waals surface area contributed by atoms with Gasteiger partial charge in [0.25, 0.3) is 0 Å². The Bertz CT molecular complexity index is 1020. The number of amides is 1. The third-order valence-corrected chi connectivity index (χ3v) is 7.05. The van der Waals surface area contributed by atoms with E-state index in [4.69, 9.17) is 14.2 Å². The van der Waals surface area contributed by atoms with Gasteiger partial charge in [-0.15, -0.1) is 16.9 Å². The molecule has 2 saturated heterocycles. The van der Waals surface area contributed by atoms with Crippen LogP contribution in [-0.4, -0.2) is 106 Å². The first-order chi connectivity index (χ1) is 16.8. The summed E-state index contributed by atoms with van der Waals surface area (Å²) < 4.78 is 58.6. The van der Waals surface area contributed by atoms with Crippen LogP contribution in [0.5, 0.6) is 0 Å². The van der Waals surface area contributed by atoms with Crippen molar-refractivity contribution in [3.05, 3.63) is 35.8 Å². The van der Waals surface area contributed by atoms with Crippen molar-refractivity contribution in [2.24, 2.45) is 0 Å². The molecule has 14 heteroatoms. The van der Waals surface area contributed by atoms with E-state index in [1.54, 1.807) is 4.90 Å². The van der Waals surface area contributed by atoms with Crippen LogP contribution in [0, 0.1) is 17.5 Å². The van der Waals surface area contributed by atoms with Crippen LogP contribution >= 0.6 is 11.8 Å². The van der Waals surface area contributed by atoms with Gasteiger partial charge in [-0.25, -0.2) is 17.9 Å². The van der Waals surface area contributed by atoms with Gasteiger partial charge in [-0.1, -0.05) is 5.21 Å². The highest BCUT2D eigenvalue weighted by Crippen LogP contribution is 2.37. The Hall–Kier alpha value is -2.23. The van der Waals surface area contributed by atoms with Gasteiger partial charge in [0.05, 0.1) is 31.8 Å². The zero-order chi connectivity index (χ0) is 25.1. The molecule has 2 aliphatic heterocycles. The summed E-state index contributed by atoms with van der Waals surface area (Å²) in [5, 5.41) is 28.5. The predicted molar refractivity (Wildman–Crippen MR) is 117 cm³/mol. The van der Waals surface area contributed by atoms with Crippen molar-refractivity contribution in [1.29, 1.82) is 0 Å². The Kier molecular flexibility index (Phi) is 8.29. The van der Waals surface area contributed by atoms with Crippen molar-refractivity contribution in [2.75, 3.05) is 45.8 Å². The summed E-state index contributed by atoms with van der Waals surface area (Å²) >= 11 is 1.16. The molecule has 0 spiro atoms. The third-order valence-electron chi connectivity index (χ3n) is 5.93. The van der Waals surface area contributed by atoms with Gasteiger partial charge in [0.1, 0.15) is 35.5 Å². The first kappa shape index (κ1) is 25.9. The number of hydrogen-bond acceptors (Lipinski definition) is 9. The molecular weight excluding hydrogens is 493 g/mol. The molecule has 1 amide bonds. The first-order valence-electron chi connectivity index (χ1n) is 10.8. The highest BCUT2D eigenvalue weighted by Gasteiger charge is 2.47. The molecular formula is C21H25F3N4O6S. The Balaban J connectivity index is 1.55. The lowest BCUT2D eigenvalue weighted by molar-refractivity contribution is -0.186. The number of morpholine rings is 1. The van der Waals surface area contributed by atoms with Crippen LogP contribution in [0.15, 0.2) is 18.3 Å². The second kappa shape index (κ2) is 11.2. The van der Waals surface area contributed by atoms with Crippen LogP contribution in [0.1, 0.15) is 6.04 Å². The summed E-state index contributed by atoms with van der Waals surface area (Å²) in [6, 6.07) is 0.652. The van der Waals surface area contributed by atoms with Crippen molar-refractivity contribution in [2.45, 2.75) is 29.8 Å². The van der Waals surface area contributed by atoms with E-state index in [0.717, 1.165) is 23.9 Å². The number of thioether (sulfide) groups is 1. The molecule has 1 aromatic heterocycles. The smallest absolute Gasteiger partial charge is 0.232 e. The van der Waals surface area contributed by atoms with Gasteiger partial charge < -0.3 is 29.3 Å². The molecule has 5 atom stereocenters. The van der Waals surface area contributed by atoms with Crippen molar-refractivity contribution < 1.29 is 42.4 Å². The first-order valence-corrected chi connectivity index (χ1v) is 11.9. The third kappa shape index (κ3) is 5.47. The molecule has 3 heterocycles. The second-order valence-corrected chi connectivity index (χ2v) is 9.14. The number of nitrogens with zero attached hydrogens (tertiary/aromatic N) is 4. The van der Waals surface area contributed by atoms with Crippen molar-refractivity contribution in [1.82, 2.24) is 19.9 Å². The molecule has 0 bridgehead atoms. The van der Waals surface area contributed by atoms with Gasteiger partial charge in [-0.2, -0.15) is 0 Å². The number of hydrogen-bond donors (Lipinski definition) is 2. The number of aromatic nitrogens is 3. The van der Waals surface area contributed by atoms with Crippen molar-refractivity contribution in [3.63, 3.8) is 0 Å². The van der Waals surface area contributed by atoms with E-state index in [1.807, 2.05) is 0 Å². The fourth-order valence-electron chi connectivity index (χ4n) is 4.06. The van der Waals surface area contributed by atoms with Crippen LogP contribution in [0.3, 0.4) is 0 Å². The largest absolute Gasteiger partial charge is 0.394 e. The number of aliphatic hydroxyl groups is 2. The highest BCUT2D eigenvalue weighted by atomic mass is 32.2. The number of carbonyl (C=O) groups is 1. The average molecular weight is 519 g/mol. The Morgan fingerprint density at radius 3 is 2.57 bits per heavy atom. The van der Waals surface area contributed by atoms with Crippen molar-refractivity contribution in [3.8, 4) is 11.3 Å². The number of aliphatic hydroxyl groups excluding tert-OH is 2. The molecule has 0 radical (unpaired) electrons. The maximum absolute atomic E-state index is 13.7. The monoisotopic (exact) mass is 518 g/mol. The van der Waals surface area contributed by atoms with Gasteiger partial charge in [-0.05, 0) is 12.1 Å². The van der Waals surface area contributed by atoms with Gasteiger partial charge >= 0.3 is 0 Å². The number of rotatable bonds is 7. The summed E-state index contributed by atoms with van der Waals surface area (Å²) in [4.78, 5) is 14.3. The fourth-order valence-corrected chi connectivity index (χ4v) is 5.24. The zero-order valence-electron chi connectivity index (χ0n) is 18.7. The molecule has 2 N–H and O–H groups in total. The molecule has 35 heavy (non-hydrogen) atoms. The minimum atomic E-state index is -1.60. The number of methoxy groups -OCH3 is 1. The lowest BCUT2D eigenvalue weighted by Crippen LogP contribution is -2.56. The van der Waals surface area contributed by atoms with Crippen LogP contribution < -0.4 is 0 Å². The average Bonchev–Trinajstić information content (AvgIpc) is 3.36. The molecule has 0 unspecified atom stereocenters. The summed E-state index contributed by atoms with van der Waals surface area (Å²) in [7, 11) is 1.40. The topological polar surface area (TPSA) is 119 Å².